The minimum Gasteiger partial charge on any atom is -0.444 e. The van der Waals surface area contributed by atoms with Crippen LogP contribution in [0.15, 0.2) is 48.5 Å². The molecule has 2 aromatic carbocycles. The first-order valence-electron chi connectivity index (χ1n) is 9.29. The predicted molar refractivity (Wildman–Crippen MR) is 106 cm³/mol. The minimum atomic E-state index is -0.839. The fourth-order valence-corrected chi connectivity index (χ4v) is 3.24. The summed E-state index contributed by atoms with van der Waals surface area (Å²) in [6, 6.07) is 14.3. The second-order valence-corrected chi connectivity index (χ2v) is 7.82. The molecule has 5 heteroatoms. The molecule has 2 N–H and O–H groups in total. The van der Waals surface area contributed by atoms with E-state index in [0.717, 1.165) is 24.9 Å². The molecule has 1 aliphatic carbocycles. The molecular weight excluding hydrogens is 340 g/mol. The van der Waals surface area contributed by atoms with Crippen LogP contribution in [-0.4, -0.2) is 17.6 Å². The van der Waals surface area contributed by atoms with Gasteiger partial charge >= 0.3 is 6.09 Å². The molecule has 1 atom stereocenters. The van der Waals surface area contributed by atoms with Gasteiger partial charge in [-0.3, -0.25) is 4.79 Å². The predicted octanol–water partition coefficient (Wildman–Crippen LogP) is 4.38. The van der Waals surface area contributed by atoms with Crippen LogP contribution in [-0.2, 0) is 22.4 Å². The van der Waals surface area contributed by atoms with Crippen LogP contribution in [0.5, 0.6) is 0 Å². The van der Waals surface area contributed by atoms with E-state index in [2.05, 4.69) is 16.7 Å². The van der Waals surface area contributed by atoms with Crippen LogP contribution in [0.1, 0.15) is 49.9 Å². The quantitative estimate of drug-likeness (QED) is 0.844. The Kier molecular flexibility index (Phi) is 5.49. The third-order valence-electron chi connectivity index (χ3n) is 4.42. The molecule has 2 amide bonds. The summed E-state index contributed by atoms with van der Waals surface area (Å²) < 4.78 is 5.32. The molecule has 0 heterocycles. The summed E-state index contributed by atoms with van der Waals surface area (Å²) in [6.07, 6.45) is 2.66. The summed E-state index contributed by atoms with van der Waals surface area (Å²) in [5, 5.41) is 5.62. The van der Waals surface area contributed by atoms with Gasteiger partial charge in [0.1, 0.15) is 11.6 Å². The van der Waals surface area contributed by atoms with E-state index < -0.39 is 17.7 Å². The first-order chi connectivity index (χ1) is 12.8. The third kappa shape index (κ3) is 5.09. The first kappa shape index (κ1) is 19.0. The molecule has 0 aromatic heterocycles. The zero-order chi connectivity index (χ0) is 19.4. The molecule has 142 valence electrons. The van der Waals surface area contributed by atoms with Gasteiger partial charge in [0.15, 0.2) is 0 Å². The third-order valence-corrected chi connectivity index (χ3v) is 4.42. The number of hydrogen-bond donors (Lipinski definition) is 2. The number of hydrogen-bond acceptors (Lipinski definition) is 3. The summed E-state index contributed by atoms with van der Waals surface area (Å²) in [4.78, 5) is 25.2. The van der Waals surface area contributed by atoms with Crippen LogP contribution in [0, 0.1) is 0 Å². The van der Waals surface area contributed by atoms with E-state index in [4.69, 9.17) is 4.74 Å². The molecular formula is C22H26N2O3. The molecule has 27 heavy (non-hydrogen) atoms. The van der Waals surface area contributed by atoms with Crippen LogP contribution >= 0.6 is 0 Å². The van der Waals surface area contributed by atoms with Gasteiger partial charge in [0.05, 0.1) is 0 Å². The van der Waals surface area contributed by atoms with E-state index in [9.17, 15) is 9.59 Å². The monoisotopic (exact) mass is 366 g/mol. The van der Waals surface area contributed by atoms with E-state index in [1.54, 1.807) is 20.8 Å². The Bertz CT molecular complexity index is 825. The molecule has 0 radical (unpaired) electrons. The van der Waals surface area contributed by atoms with Gasteiger partial charge in [-0.05, 0) is 68.9 Å². The SMILES string of the molecule is CC(C)(C)OC(=O)N[C@@H](C(=O)Nc1ccc2c(c1)CCC2)c1ccccc1. The Balaban J connectivity index is 1.77. The van der Waals surface area contributed by atoms with Crippen molar-refractivity contribution >= 4 is 17.7 Å². The fourth-order valence-electron chi connectivity index (χ4n) is 3.24. The molecule has 0 aliphatic heterocycles. The zero-order valence-corrected chi connectivity index (χ0v) is 16.0. The second kappa shape index (κ2) is 7.82. The largest absolute Gasteiger partial charge is 0.444 e. The molecule has 3 rings (SSSR count). The number of benzene rings is 2. The Labute approximate surface area is 160 Å². The number of ether oxygens (including phenoxy) is 1. The summed E-state index contributed by atoms with van der Waals surface area (Å²) in [6.45, 7) is 5.36. The lowest BCUT2D eigenvalue weighted by molar-refractivity contribution is -0.118. The van der Waals surface area contributed by atoms with Crippen molar-refractivity contribution in [2.75, 3.05) is 5.32 Å². The van der Waals surface area contributed by atoms with E-state index in [-0.39, 0.29) is 5.91 Å². The van der Waals surface area contributed by atoms with E-state index in [1.807, 2.05) is 42.5 Å². The van der Waals surface area contributed by atoms with Gasteiger partial charge < -0.3 is 15.4 Å². The average molecular weight is 366 g/mol. The summed E-state index contributed by atoms with van der Waals surface area (Å²) >= 11 is 0. The van der Waals surface area contributed by atoms with Crippen LogP contribution in [0.3, 0.4) is 0 Å². The van der Waals surface area contributed by atoms with Crippen molar-refractivity contribution in [3.63, 3.8) is 0 Å². The van der Waals surface area contributed by atoms with Crippen LogP contribution < -0.4 is 10.6 Å². The normalized spacial score (nSPS) is 14.2. The number of amides is 2. The lowest BCUT2D eigenvalue weighted by Crippen LogP contribution is -2.40. The van der Waals surface area contributed by atoms with Gasteiger partial charge in [-0.15, -0.1) is 0 Å². The topological polar surface area (TPSA) is 67.4 Å². The van der Waals surface area contributed by atoms with Crippen molar-refractivity contribution in [2.24, 2.45) is 0 Å². The van der Waals surface area contributed by atoms with Gasteiger partial charge in [0, 0.05) is 5.69 Å². The van der Waals surface area contributed by atoms with Crippen molar-refractivity contribution in [3.8, 4) is 0 Å². The van der Waals surface area contributed by atoms with Gasteiger partial charge in [-0.2, -0.15) is 0 Å². The number of anilines is 1. The van der Waals surface area contributed by atoms with Crippen molar-refractivity contribution in [3.05, 3.63) is 65.2 Å². The smallest absolute Gasteiger partial charge is 0.408 e. The fraction of sp³-hybridized carbons (Fsp3) is 0.364. The lowest BCUT2D eigenvalue weighted by atomic mass is 10.1. The van der Waals surface area contributed by atoms with Crippen LogP contribution in [0.4, 0.5) is 10.5 Å². The number of carbonyl (C=O) groups excluding carboxylic acids is 2. The molecule has 0 bridgehead atoms. The average Bonchev–Trinajstić information content (AvgIpc) is 3.06. The summed E-state index contributed by atoms with van der Waals surface area (Å²) in [5.41, 5.74) is 3.43. The molecule has 0 unspecified atom stereocenters. The minimum absolute atomic E-state index is 0.301. The number of nitrogens with one attached hydrogen (secondary N) is 2. The van der Waals surface area contributed by atoms with E-state index >= 15 is 0 Å². The van der Waals surface area contributed by atoms with Crippen molar-refractivity contribution in [2.45, 2.75) is 51.7 Å². The lowest BCUT2D eigenvalue weighted by Gasteiger charge is -2.23. The molecule has 0 saturated heterocycles. The maximum Gasteiger partial charge on any atom is 0.408 e. The number of alkyl carbamates (subject to hydrolysis) is 1. The highest BCUT2D eigenvalue weighted by Gasteiger charge is 2.26. The van der Waals surface area contributed by atoms with Gasteiger partial charge in [0.2, 0.25) is 0 Å². The molecule has 1 aliphatic rings. The highest BCUT2D eigenvalue weighted by molar-refractivity contribution is 5.97. The number of rotatable bonds is 4. The standard InChI is InChI=1S/C22H26N2O3/c1-22(2,3)27-21(26)24-19(16-8-5-4-6-9-16)20(25)23-18-13-12-15-10-7-11-17(15)14-18/h4-6,8-9,12-14,19H,7,10-11H2,1-3H3,(H,23,25)(H,24,26)/t19-/m1/s1. The summed E-state index contributed by atoms with van der Waals surface area (Å²) in [5.74, 6) is -0.301. The zero-order valence-electron chi connectivity index (χ0n) is 16.0. The maximum absolute atomic E-state index is 12.9. The van der Waals surface area contributed by atoms with Gasteiger partial charge in [-0.1, -0.05) is 36.4 Å². The van der Waals surface area contributed by atoms with Gasteiger partial charge in [0.25, 0.3) is 5.91 Å². The molecule has 2 aromatic rings. The van der Waals surface area contributed by atoms with E-state index in [1.165, 1.54) is 11.1 Å². The maximum atomic E-state index is 12.9. The summed E-state index contributed by atoms with van der Waals surface area (Å²) in [7, 11) is 0. The van der Waals surface area contributed by atoms with Crippen molar-refractivity contribution < 1.29 is 14.3 Å². The van der Waals surface area contributed by atoms with Crippen molar-refractivity contribution in [1.82, 2.24) is 5.32 Å². The van der Waals surface area contributed by atoms with Crippen LogP contribution in [0.2, 0.25) is 0 Å². The van der Waals surface area contributed by atoms with Crippen LogP contribution in [0.25, 0.3) is 0 Å². The Morgan fingerprint density at radius 2 is 1.70 bits per heavy atom. The highest BCUT2D eigenvalue weighted by Crippen LogP contribution is 2.25. The Morgan fingerprint density at radius 3 is 2.41 bits per heavy atom. The number of fused-ring (bicyclic) bond motifs is 1. The Morgan fingerprint density at radius 1 is 1.00 bits per heavy atom. The second-order valence-electron chi connectivity index (χ2n) is 7.82. The molecule has 5 nitrogen and oxygen atoms in total. The number of aryl methyl sites for hydroxylation is 2. The van der Waals surface area contributed by atoms with Crippen molar-refractivity contribution in [1.29, 1.82) is 0 Å². The molecule has 0 fully saturated rings. The first-order valence-corrected chi connectivity index (χ1v) is 9.29. The molecule has 0 spiro atoms. The highest BCUT2D eigenvalue weighted by atomic mass is 16.6. The van der Waals surface area contributed by atoms with Gasteiger partial charge in [-0.25, -0.2) is 4.79 Å². The Hall–Kier alpha value is -2.82. The van der Waals surface area contributed by atoms with E-state index in [0.29, 0.717) is 5.56 Å². The number of carbonyl (C=O) groups is 2. The molecule has 0 saturated carbocycles.